The highest BCUT2D eigenvalue weighted by atomic mass is 16.3. The molecule has 37 heavy (non-hydrogen) atoms. The molecular weight excluding hydrogens is 472 g/mol. The summed E-state index contributed by atoms with van der Waals surface area (Å²) in [7, 11) is 0. The predicted octanol–water partition coefficient (Wildman–Crippen LogP) is 3.91. The van der Waals surface area contributed by atoms with Gasteiger partial charge in [0.05, 0.1) is 11.5 Å². The van der Waals surface area contributed by atoms with Gasteiger partial charge in [-0.05, 0) is 67.2 Å². The van der Waals surface area contributed by atoms with Crippen LogP contribution in [-0.4, -0.2) is 44.7 Å². The minimum absolute atomic E-state index is 0.0345. The van der Waals surface area contributed by atoms with Crippen molar-refractivity contribution in [2.45, 2.75) is 73.3 Å². The molecule has 0 radical (unpaired) electrons. The number of phenolic OH excluding ortho intramolecular Hbond substituents is 1. The standard InChI is InChI=1S/C30H36O7/c1-8-9-15(4)17-10-11-19(32)21-18(17)12-28(6)13-29(7)22(14(2)3)24(33)20(16(5)31)26(35)30(29,37)27(36)23(28)25(21)34/h9-11,14,20,22-23,32,37H,8,12-13H2,1-7H3/t20?,22?,23?,28-,29-,30+/m1/s1. The molecule has 2 N–H and O–H groups in total. The van der Waals surface area contributed by atoms with Crippen molar-refractivity contribution in [1.82, 2.24) is 0 Å². The fraction of sp³-hybridized carbons (Fsp3) is 0.567. The number of benzene rings is 1. The number of allylic oxidation sites excluding steroid dienone is 2. The van der Waals surface area contributed by atoms with E-state index in [0.29, 0.717) is 5.56 Å². The van der Waals surface area contributed by atoms with E-state index in [1.54, 1.807) is 33.8 Å². The number of carbonyl (C=O) groups excluding carboxylic acids is 5. The second-order valence-electron chi connectivity index (χ2n) is 12.1. The molecule has 0 aliphatic heterocycles. The van der Waals surface area contributed by atoms with Crippen LogP contribution in [-0.2, 0) is 25.6 Å². The van der Waals surface area contributed by atoms with E-state index in [9.17, 15) is 34.2 Å². The summed E-state index contributed by atoms with van der Waals surface area (Å²) in [5, 5.41) is 22.7. The molecule has 1 aromatic carbocycles. The zero-order valence-corrected chi connectivity index (χ0v) is 22.6. The zero-order chi connectivity index (χ0) is 27.8. The van der Waals surface area contributed by atoms with E-state index in [1.165, 1.54) is 6.07 Å². The molecule has 0 amide bonds. The highest BCUT2D eigenvalue weighted by molar-refractivity contribution is 6.32. The third-order valence-corrected chi connectivity index (χ3v) is 9.20. The molecule has 3 aliphatic rings. The Kier molecular flexibility index (Phi) is 6.27. The molecular formula is C30H36O7. The lowest BCUT2D eigenvalue weighted by Crippen LogP contribution is -2.76. The Labute approximate surface area is 217 Å². The van der Waals surface area contributed by atoms with Crippen LogP contribution >= 0.6 is 0 Å². The average Bonchev–Trinajstić information content (AvgIpc) is 2.75. The maximum Gasteiger partial charge on any atom is 0.190 e. The number of carbonyl (C=O) groups is 5. The molecule has 0 spiro atoms. The maximum atomic E-state index is 14.2. The van der Waals surface area contributed by atoms with Crippen LogP contribution in [0, 0.1) is 34.5 Å². The predicted molar refractivity (Wildman–Crippen MR) is 137 cm³/mol. The van der Waals surface area contributed by atoms with Crippen LogP contribution in [0.15, 0.2) is 18.2 Å². The lowest BCUT2D eigenvalue weighted by atomic mass is 9.40. The first-order valence-corrected chi connectivity index (χ1v) is 13.0. The zero-order valence-electron chi connectivity index (χ0n) is 22.6. The van der Waals surface area contributed by atoms with Crippen molar-refractivity contribution in [2.24, 2.45) is 34.5 Å². The molecule has 4 rings (SSSR count). The fourth-order valence-electron chi connectivity index (χ4n) is 7.92. The smallest absolute Gasteiger partial charge is 0.190 e. The maximum absolute atomic E-state index is 14.2. The molecule has 2 saturated carbocycles. The number of phenols is 1. The number of fused-ring (bicyclic) bond motifs is 3. The quantitative estimate of drug-likeness (QED) is 0.591. The van der Waals surface area contributed by atoms with Crippen LogP contribution in [0.3, 0.4) is 0 Å². The van der Waals surface area contributed by atoms with Gasteiger partial charge >= 0.3 is 0 Å². The van der Waals surface area contributed by atoms with Gasteiger partial charge in [-0.3, -0.25) is 24.0 Å². The molecule has 3 aliphatic carbocycles. The summed E-state index contributed by atoms with van der Waals surface area (Å²) in [6, 6.07) is 3.19. The first-order chi connectivity index (χ1) is 17.1. The van der Waals surface area contributed by atoms with Crippen LogP contribution in [0.2, 0.25) is 0 Å². The summed E-state index contributed by atoms with van der Waals surface area (Å²) in [5.74, 6) is -8.74. The van der Waals surface area contributed by atoms with Gasteiger partial charge in [0, 0.05) is 11.3 Å². The second kappa shape index (κ2) is 8.55. The number of aliphatic hydroxyl groups is 1. The van der Waals surface area contributed by atoms with Gasteiger partial charge in [-0.1, -0.05) is 46.8 Å². The van der Waals surface area contributed by atoms with E-state index in [4.69, 9.17) is 0 Å². The average molecular weight is 509 g/mol. The Bertz CT molecular complexity index is 1290. The van der Waals surface area contributed by atoms with E-state index in [1.807, 2.05) is 19.9 Å². The summed E-state index contributed by atoms with van der Waals surface area (Å²) in [6.45, 7) is 11.9. The van der Waals surface area contributed by atoms with Crippen molar-refractivity contribution in [3.05, 3.63) is 34.9 Å². The summed E-state index contributed by atoms with van der Waals surface area (Å²) >= 11 is 0. The number of aromatic hydroxyl groups is 1. The normalized spacial score (nSPS) is 35.8. The summed E-state index contributed by atoms with van der Waals surface area (Å²) in [5.41, 5.74) is -2.80. The van der Waals surface area contributed by atoms with Crippen molar-refractivity contribution in [3.8, 4) is 5.75 Å². The van der Waals surface area contributed by atoms with Gasteiger partial charge in [-0.25, -0.2) is 0 Å². The van der Waals surface area contributed by atoms with Gasteiger partial charge in [0.1, 0.15) is 17.5 Å². The summed E-state index contributed by atoms with van der Waals surface area (Å²) < 4.78 is 0. The van der Waals surface area contributed by atoms with E-state index < -0.39 is 63.1 Å². The van der Waals surface area contributed by atoms with Gasteiger partial charge in [-0.15, -0.1) is 0 Å². The molecule has 0 heterocycles. The largest absolute Gasteiger partial charge is 0.507 e. The number of rotatable bonds is 4. The first kappa shape index (κ1) is 27.1. The molecule has 2 fully saturated rings. The van der Waals surface area contributed by atoms with Crippen molar-refractivity contribution < 1.29 is 34.2 Å². The van der Waals surface area contributed by atoms with Gasteiger partial charge in [0.25, 0.3) is 0 Å². The Hall–Kier alpha value is -2.93. The van der Waals surface area contributed by atoms with Crippen LogP contribution < -0.4 is 0 Å². The van der Waals surface area contributed by atoms with Crippen LogP contribution in [0.1, 0.15) is 82.8 Å². The Morgan fingerprint density at radius 1 is 1.11 bits per heavy atom. The number of ketones is 5. The van der Waals surface area contributed by atoms with E-state index in [-0.39, 0.29) is 30.1 Å². The van der Waals surface area contributed by atoms with Gasteiger partial charge < -0.3 is 10.2 Å². The number of hydrogen-bond acceptors (Lipinski definition) is 7. The van der Waals surface area contributed by atoms with Crippen molar-refractivity contribution in [2.75, 3.05) is 0 Å². The lowest BCUT2D eigenvalue weighted by molar-refractivity contribution is -0.205. The molecule has 1 aromatic rings. The Balaban J connectivity index is 1.99. The second-order valence-corrected chi connectivity index (χ2v) is 12.1. The SMILES string of the molecule is CCC=C(C)c1ccc(O)c2c1C[C@]1(C)C[C@]3(C)C(C(C)C)C(=O)C(C(C)=O)C(=O)[C@]3(O)C(=O)C1C2=O. The van der Waals surface area contributed by atoms with Crippen molar-refractivity contribution in [1.29, 1.82) is 0 Å². The molecule has 7 nitrogen and oxygen atoms in total. The van der Waals surface area contributed by atoms with E-state index >= 15 is 0 Å². The van der Waals surface area contributed by atoms with Gasteiger partial charge in [0.15, 0.2) is 28.7 Å². The highest BCUT2D eigenvalue weighted by Crippen LogP contribution is 2.64. The Morgan fingerprint density at radius 3 is 2.27 bits per heavy atom. The van der Waals surface area contributed by atoms with E-state index in [2.05, 4.69) is 0 Å². The minimum Gasteiger partial charge on any atom is -0.507 e. The number of hydrogen-bond donors (Lipinski definition) is 2. The summed E-state index contributed by atoms with van der Waals surface area (Å²) in [6.07, 6.45) is 3.09. The first-order valence-electron chi connectivity index (χ1n) is 13.0. The number of Topliss-reactive ketones (excluding diaryl/α,β-unsaturated/α-hetero) is 5. The molecule has 0 aromatic heterocycles. The minimum atomic E-state index is -2.67. The monoisotopic (exact) mass is 508 g/mol. The fourth-order valence-corrected chi connectivity index (χ4v) is 7.92. The van der Waals surface area contributed by atoms with Crippen LogP contribution in [0.5, 0.6) is 5.75 Å². The van der Waals surface area contributed by atoms with Crippen molar-refractivity contribution in [3.63, 3.8) is 0 Å². The summed E-state index contributed by atoms with van der Waals surface area (Å²) in [4.78, 5) is 67.8. The highest BCUT2D eigenvalue weighted by Gasteiger charge is 2.76. The molecule has 6 atom stereocenters. The molecule has 198 valence electrons. The molecule has 7 heteroatoms. The van der Waals surface area contributed by atoms with E-state index in [0.717, 1.165) is 24.5 Å². The third-order valence-electron chi connectivity index (χ3n) is 9.20. The Morgan fingerprint density at radius 2 is 1.73 bits per heavy atom. The van der Waals surface area contributed by atoms with Crippen LogP contribution in [0.25, 0.3) is 5.57 Å². The lowest BCUT2D eigenvalue weighted by Gasteiger charge is -2.61. The molecule has 0 bridgehead atoms. The van der Waals surface area contributed by atoms with Crippen molar-refractivity contribution >= 4 is 34.5 Å². The van der Waals surface area contributed by atoms with Gasteiger partial charge in [0.2, 0.25) is 0 Å². The molecule has 3 unspecified atom stereocenters. The van der Waals surface area contributed by atoms with Gasteiger partial charge in [-0.2, -0.15) is 0 Å². The third kappa shape index (κ3) is 3.39. The van der Waals surface area contributed by atoms with Crippen LogP contribution in [0.4, 0.5) is 0 Å². The topological polar surface area (TPSA) is 126 Å². The molecule has 0 saturated heterocycles.